The average molecular weight is 286 g/mol. The van der Waals surface area contributed by atoms with Crippen molar-refractivity contribution in [3.63, 3.8) is 0 Å². The van der Waals surface area contributed by atoms with Crippen molar-refractivity contribution >= 4 is 0 Å². The van der Waals surface area contributed by atoms with Crippen molar-refractivity contribution in [3.05, 3.63) is 34.9 Å². The Hall–Kier alpha value is -0.820. The van der Waals surface area contributed by atoms with Gasteiger partial charge in [0.1, 0.15) is 0 Å². The molecule has 3 rings (SSSR count). The second kappa shape index (κ2) is 5.12. The molecule has 1 aromatic carbocycles. The molecule has 0 heterocycles. The smallest absolute Gasteiger partial charge is 0.0487 e. The standard InChI is InChI=1S/C20H30O/c1-14(2)15-6-8-17-16(12-15)7-9-18-19(3,13-21)10-5-11-20(17,18)4/h6,8,12,14,18,21H,5,7,9-11,13H2,1-4H3/t18-,19-,20-/m1/s1. The maximum atomic E-state index is 9.97. The van der Waals surface area contributed by atoms with E-state index in [-0.39, 0.29) is 10.8 Å². The van der Waals surface area contributed by atoms with Gasteiger partial charge in [-0.05, 0) is 65.0 Å². The molecule has 2 aliphatic carbocycles. The molecule has 1 nitrogen and oxygen atoms in total. The van der Waals surface area contributed by atoms with Gasteiger partial charge >= 0.3 is 0 Å². The van der Waals surface area contributed by atoms with Crippen molar-refractivity contribution in [2.75, 3.05) is 6.61 Å². The summed E-state index contributed by atoms with van der Waals surface area (Å²) in [4.78, 5) is 0. The van der Waals surface area contributed by atoms with Gasteiger partial charge in [0.15, 0.2) is 0 Å². The van der Waals surface area contributed by atoms with E-state index in [9.17, 15) is 5.11 Å². The van der Waals surface area contributed by atoms with Gasteiger partial charge in [0.05, 0.1) is 0 Å². The van der Waals surface area contributed by atoms with Crippen LogP contribution in [0, 0.1) is 11.3 Å². The van der Waals surface area contributed by atoms with Crippen LogP contribution in [0.3, 0.4) is 0 Å². The lowest BCUT2D eigenvalue weighted by Gasteiger charge is -2.55. The summed E-state index contributed by atoms with van der Waals surface area (Å²) in [6.45, 7) is 9.66. The van der Waals surface area contributed by atoms with Crippen molar-refractivity contribution in [3.8, 4) is 0 Å². The van der Waals surface area contributed by atoms with E-state index in [1.54, 1.807) is 11.1 Å². The minimum absolute atomic E-state index is 0.113. The average Bonchev–Trinajstić information content (AvgIpc) is 2.46. The van der Waals surface area contributed by atoms with Crippen LogP contribution in [0.5, 0.6) is 0 Å². The zero-order valence-electron chi connectivity index (χ0n) is 14.1. The molecule has 1 fully saturated rings. The molecule has 0 aromatic heterocycles. The molecule has 0 unspecified atom stereocenters. The fourth-order valence-electron chi connectivity index (χ4n) is 5.19. The monoisotopic (exact) mass is 286 g/mol. The Balaban J connectivity index is 2.05. The number of benzene rings is 1. The van der Waals surface area contributed by atoms with Gasteiger partial charge < -0.3 is 5.11 Å². The number of hydrogen-bond donors (Lipinski definition) is 1. The molecular weight excluding hydrogens is 256 g/mol. The van der Waals surface area contributed by atoms with Crippen molar-refractivity contribution in [1.29, 1.82) is 0 Å². The SMILES string of the molecule is CC(C)c1ccc2c(c1)CC[C@@H]1[C@@](C)(CO)CCC[C@]21C. The lowest BCUT2D eigenvalue weighted by atomic mass is 9.50. The minimum atomic E-state index is 0.113. The van der Waals surface area contributed by atoms with E-state index in [1.807, 2.05) is 0 Å². The Morgan fingerprint density at radius 3 is 2.67 bits per heavy atom. The summed E-state index contributed by atoms with van der Waals surface area (Å²) < 4.78 is 0. The lowest BCUT2D eigenvalue weighted by Crippen LogP contribution is -2.50. The molecule has 0 aliphatic heterocycles. The normalized spacial score (nSPS) is 35.4. The highest BCUT2D eigenvalue weighted by Crippen LogP contribution is 2.57. The predicted octanol–water partition coefficient (Wildman–Crippen LogP) is 4.81. The predicted molar refractivity (Wildman–Crippen MR) is 88.7 cm³/mol. The molecule has 1 aromatic rings. The maximum Gasteiger partial charge on any atom is 0.0487 e. The molecule has 3 atom stereocenters. The summed E-state index contributed by atoms with van der Waals surface area (Å²) in [5.74, 6) is 1.23. The number of aliphatic hydroxyl groups is 1. The molecule has 1 heteroatoms. The van der Waals surface area contributed by atoms with Gasteiger partial charge in [-0.3, -0.25) is 0 Å². The van der Waals surface area contributed by atoms with Crippen LogP contribution < -0.4 is 0 Å². The van der Waals surface area contributed by atoms with E-state index >= 15 is 0 Å². The first kappa shape index (κ1) is 15.1. The maximum absolute atomic E-state index is 9.97. The van der Waals surface area contributed by atoms with Crippen molar-refractivity contribution < 1.29 is 5.11 Å². The van der Waals surface area contributed by atoms with E-state index in [0.29, 0.717) is 18.4 Å². The van der Waals surface area contributed by atoms with Crippen molar-refractivity contribution in [2.24, 2.45) is 11.3 Å². The minimum Gasteiger partial charge on any atom is -0.396 e. The first-order chi connectivity index (χ1) is 9.90. The topological polar surface area (TPSA) is 20.2 Å². The molecule has 0 bridgehead atoms. The summed E-state index contributed by atoms with van der Waals surface area (Å²) in [5, 5.41) is 9.97. The summed E-state index contributed by atoms with van der Waals surface area (Å²) >= 11 is 0. The Morgan fingerprint density at radius 2 is 2.00 bits per heavy atom. The Labute approximate surface area is 129 Å². The van der Waals surface area contributed by atoms with Gasteiger partial charge in [0, 0.05) is 6.61 Å². The van der Waals surface area contributed by atoms with Gasteiger partial charge in [-0.25, -0.2) is 0 Å². The molecule has 0 saturated heterocycles. The van der Waals surface area contributed by atoms with E-state index in [1.165, 1.54) is 37.7 Å². The van der Waals surface area contributed by atoms with Gasteiger partial charge in [-0.15, -0.1) is 0 Å². The van der Waals surface area contributed by atoms with Crippen molar-refractivity contribution in [2.45, 2.75) is 71.1 Å². The molecule has 1 saturated carbocycles. The molecule has 1 N–H and O–H groups in total. The Morgan fingerprint density at radius 1 is 1.24 bits per heavy atom. The second-order valence-electron chi connectivity index (χ2n) is 8.25. The Bertz CT molecular complexity index is 533. The zero-order chi connectivity index (χ0) is 15.3. The van der Waals surface area contributed by atoms with Crippen LogP contribution in [0.15, 0.2) is 18.2 Å². The molecule has 116 valence electrons. The summed E-state index contributed by atoms with van der Waals surface area (Å²) in [6.07, 6.45) is 6.13. The number of hydrogen-bond acceptors (Lipinski definition) is 1. The number of rotatable bonds is 2. The largest absolute Gasteiger partial charge is 0.396 e. The van der Waals surface area contributed by atoms with Gasteiger partial charge in [-0.2, -0.15) is 0 Å². The van der Waals surface area contributed by atoms with E-state index in [4.69, 9.17) is 0 Å². The number of fused-ring (bicyclic) bond motifs is 3. The first-order valence-corrected chi connectivity index (χ1v) is 8.65. The van der Waals surface area contributed by atoms with Crippen LogP contribution in [0.25, 0.3) is 0 Å². The van der Waals surface area contributed by atoms with Crippen LogP contribution in [0.2, 0.25) is 0 Å². The van der Waals surface area contributed by atoms with Gasteiger partial charge in [0.2, 0.25) is 0 Å². The summed E-state index contributed by atoms with van der Waals surface area (Å²) in [5.41, 5.74) is 4.99. The Kier molecular flexibility index (Phi) is 3.68. The highest BCUT2D eigenvalue weighted by Gasteiger charge is 2.51. The quantitative estimate of drug-likeness (QED) is 0.827. The molecule has 2 aliphatic rings. The van der Waals surface area contributed by atoms with Crippen LogP contribution in [-0.2, 0) is 11.8 Å². The second-order valence-corrected chi connectivity index (χ2v) is 8.25. The summed E-state index contributed by atoms with van der Waals surface area (Å²) in [6, 6.07) is 7.19. The van der Waals surface area contributed by atoms with Crippen LogP contribution in [0.1, 0.15) is 76.0 Å². The molecular formula is C20H30O. The van der Waals surface area contributed by atoms with Crippen LogP contribution in [-0.4, -0.2) is 11.7 Å². The van der Waals surface area contributed by atoms with Crippen molar-refractivity contribution in [1.82, 2.24) is 0 Å². The third-order valence-corrected chi connectivity index (χ3v) is 6.53. The fraction of sp³-hybridized carbons (Fsp3) is 0.700. The number of aryl methyl sites for hydroxylation is 1. The third-order valence-electron chi connectivity index (χ3n) is 6.53. The van der Waals surface area contributed by atoms with Crippen LogP contribution >= 0.6 is 0 Å². The van der Waals surface area contributed by atoms with E-state index in [2.05, 4.69) is 45.9 Å². The summed E-state index contributed by atoms with van der Waals surface area (Å²) in [7, 11) is 0. The van der Waals surface area contributed by atoms with Gasteiger partial charge in [0.25, 0.3) is 0 Å². The molecule has 0 radical (unpaired) electrons. The number of aliphatic hydroxyl groups excluding tert-OH is 1. The first-order valence-electron chi connectivity index (χ1n) is 8.65. The zero-order valence-corrected chi connectivity index (χ0v) is 14.1. The highest BCUT2D eigenvalue weighted by molar-refractivity contribution is 5.42. The highest BCUT2D eigenvalue weighted by atomic mass is 16.3. The molecule has 0 spiro atoms. The van der Waals surface area contributed by atoms with E-state index < -0.39 is 0 Å². The van der Waals surface area contributed by atoms with Gasteiger partial charge in [-0.1, -0.05) is 52.3 Å². The molecule has 0 amide bonds. The third kappa shape index (κ3) is 2.25. The lowest BCUT2D eigenvalue weighted by molar-refractivity contribution is -0.0179. The molecule has 21 heavy (non-hydrogen) atoms. The van der Waals surface area contributed by atoms with Crippen LogP contribution in [0.4, 0.5) is 0 Å². The van der Waals surface area contributed by atoms with E-state index in [0.717, 1.165) is 0 Å². The fourth-order valence-corrected chi connectivity index (χ4v) is 5.19.